The summed E-state index contributed by atoms with van der Waals surface area (Å²) < 4.78 is 5.77. The third kappa shape index (κ3) is 2.33. The molecule has 0 saturated heterocycles. The van der Waals surface area contributed by atoms with E-state index in [4.69, 9.17) is 4.74 Å². The number of rotatable bonds is 6. The van der Waals surface area contributed by atoms with Gasteiger partial charge in [0.15, 0.2) is 0 Å². The lowest BCUT2D eigenvalue weighted by atomic mass is 9.59. The van der Waals surface area contributed by atoms with Crippen molar-refractivity contribution >= 4 is 0 Å². The first kappa shape index (κ1) is 18.7. The van der Waals surface area contributed by atoms with Gasteiger partial charge in [-0.2, -0.15) is 0 Å². The minimum Gasteiger partial charge on any atom is -0.381 e. The molecule has 0 aromatic rings. The van der Waals surface area contributed by atoms with Gasteiger partial charge in [0, 0.05) is 12.5 Å². The van der Waals surface area contributed by atoms with E-state index in [9.17, 15) is 0 Å². The van der Waals surface area contributed by atoms with Crippen LogP contribution < -0.4 is 0 Å². The number of hydrogen-bond acceptors (Lipinski definition) is 1. The molecule has 2 spiro atoms. The Labute approximate surface area is 167 Å². The molecule has 5 aliphatic carbocycles. The van der Waals surface area contributed by atoms with Crippen LogP contribution in [0, 0.1) is 39.9 Å². The molecule has 0 N–H and O–H groups in total. The fourth-order valence-corrected chi connectivity index (χ4v) is 9.42. The highest BCUT2D eigenvalue weighted by molar-refractivity contribution is 5.46. The third-order valence-electron chi connectivity index (χ3n) is 10.6. The highest BCUT2D eigenvalue weighted by Gasteiger charge is 2.84. The second-order valence-electron chi connectivity index (χ2n) is 11.6. The van der Waals surface area contributed by atoms with Gasteiger partial charge >= 0.3 is 0 Å². The van der Waals surface area contributed by atoms with Crippen LogP contribution in [0.15, 0.2) is 11.6 Å². The van der Waals surface area contributed by atoms with Crippen LogP contribution in [0.4, 0.5) is 0 Å². The normalized spacial score (nSPS) is 50.0. The Bertz CT molecular complexity index is 620. The molecule has 7 atom stereocenters. The number of fused-ring (bicyclic) bond motifs is 1. The Morgan fingerprint density at radius 2 is 1.93 bits per heavy atom. The molecule has 0 aromatic heterocycles. The highest BCUT2D eigenvalue weighted by atomic mass is 16.5. The van der Waals surface area contributed by atoms with Gasteiger partial charge in [0.25, 0.3) is 0 Å². The van der Waals surface area contributed by atoms with Gasteiger partial charge in [-0.05, 0) is 92.3 Å². The second-order valence-corrected chi connectivity index (χ2v) is 11.6. The average molecular weight is 371 g/mol. The predicted octanol–water partition coefficient (Wildman–Crippen LogP) is 7.16. The maximum Gasteiger partial charge on any atom is 0.0609 e. The summed E-state index contributed by atoms with van der Waals surface area (Å²) in [6.45, 7) is 7.49. The van der Waals surface area contributed by atoms with Crippen molar-refractivity contribution in [2.75, 3.05) is 7.11 Å². The van der Waals surface area contributed by atoms with E-state index in [1.165, 1.54) is 70.6 Å². The monoisotopic (exact) mass is 370 g/mol. The minimum atomic E-state index is 0.503. The molecule has 152 valence electrons. The van der Waals surface area contributed by atoms with Gasteiger partial charge in [-0.15, -0.1) is 0 Å². The maximum absolute atomic E-state index is 5.77. The van der Waals surface area contributed by atoms with Crippen LogP contribution in [0.1, 0.15) is 97.8 Å². The molecule has 5 rings (SSSR count). The van der Waals surface area contributed by atoms with Crippen molar-refractivity contribution in [2.24, 2.45) is 39.9 Å². The summed E-state index contributed by atoms with van der Waals surface area (Å²) in [5.74, 6) is 3.96. The molecule has 0 radical (unpaired) electrons. The minimum absolute atomic E-state index is 0.503. The van der Waals surface area contributed by atoms with Crippen molar-refractivity contribution in [3.8, 4) is 0 Å². The van der Waals surface area contributed by atoms with Crippen LogP contribution in [0.5, 0.6) is 0 Å². The largest absolute Gasteiger partial charge is 0.381 e. The first-order valence-corrected chi connectivity index (χ1v) is 12.2. The Hall–Kier alpha value is -0.300. The molecule has 7 unspecified atom stereocenters. The number of hydrogen-bond donors (Lipinski definition) is 0. The molecule has 4 fully saturated rings. The molecule has 0 bridgehead atoms. The number of methoxy groups -OCH3 is 1. The first-order valence-electron chi connectivity index (χ1n) is 12.2. The molecule has 27 heavy (non-hydrogen) atoms. The summed E-state index contributed by atoms with van der Waals surface area (Å²) >= 11 is 0. The van der Waals surface area contributed by atoms with E-state index in [1.807, 2.05) is 12.7 Å². The second kappa shape index (κ2) is 6.35. The van der Waals surface area contributed by atoms with Crippen molar-refractivity contribution in [2.45, 2.75) is 104 Å². The van der Waals surface area contributed by atoms with Crippen LogP contribution in [0.2, 0.25) is 0 Å². The molecule has 5 aliphatic rings. The number of unbranched alkanes of at least 4 members (excludes halogenated alkanes) is 1. The van der Waals surface area contributed by atoms with E-state index in [-0.39, 0.29) is 0 Å². The van der Waals surface area contributed by atoms with Gasteiger partial charge < -0.3 is 4.74 Å². The Kier molecular flexibility index (Phi) is 4.40. The van der Waals surface area contributed by atoms with E-state index < -0.39 is 0 Å². The number of allylic oxidation sites excluding steroid dienone is 1. The lowest BCUT2D eigenvalue weighted by molar-refractivity contribution is 0.0286. The van der Waals surface area contributed by atoms with E-state index >= 15 is 0 Å². The van der Waals surface area contributed by atoms with Crippen LogP contribution in [-0.2, 0) is 4.74 Å². The van der Waals surface area contributed by atoms with Gasteiger partial charge in [0.2, 0.25) is 0 Å². The van der Waals surface area contributed by atoms with Gasteiger partial charge in [-0.25, -0.2) is 0 Å². The van der Waals surface area contributed by atoms with Gasteiger partial charge in [0.1, 0.15) is 0 Å². The molecule has 4 saturated carbocycles. The molecule has 1 heteroatoms. The third-order valence-corrected chi connectivity index (χ3v) is 10.6. The van der Waals surface area contributed by atoms with Crippen LogP contribution in [0.25, 0.3) is 0 Å². The van der Waals surface area contributed by atoms with Gasteiger partial charge in [-0.3, -0.25) is 0 Å². The molecule has 0 amide bonds. The zero-order valence-electron chi connectivity index (χ0n) is 18.4. The Balaban J connectivity index is 1.32. The Morgan fingerprint density at radius 3 is 2.70 bits per heavy atom. The Morgan fingerprint density at radius 1 is 1.07 bits per heavy atom. The molecular formula is C26H42O. The van der Waals surface area contributed by atoms with Gasteiger partial charge in [-0.1, -0.05) is 51.7 Å². The maximum atomic E-state index is 5.77. The van der Waals surface area contributed by atoms with Crippen LogP contribution >= 0.6 is 0 Å². The van der Waals surface area contributed by atoms with E-state index in [0.29, 0.717) is 22.3 Å². The zero-order valence-corrected chi connectivity index (χ0v) is 18.4. The summed E-state index contributed by atoms with van der Waals surface area (Å²) in [5, 5.41) is 0. The SMILES string of the molecule is COC1CCC23C(=CCC24C2CCC(CCCCC(C)C)C2(C)CCC34)C1. The summed E-state index contributed by atoms with van der Waals surface area (Å²) in [5.41, 5.74) is 3.83. The predicted molar refractivity (Wildman–Crippen MR) is 113 cm³/mol. The summed E-state index contributed by atoms with van der Waals surface area (Å²) in [6, 6.07) is 0. The molecule has 0 aromatic carbocycles. The van der Waals surface area contributed by atoms with E-state index in [2.05, 4.69) is 26.8 Å². The first-order chi connectivity index (χ1) is 13.0. The van der Waals surface area contributed by atoms with Crippen LogP contribution in [-0.4, -0.2) is 13.2 Å². The van der Waals surface area contributed by atoms with Gasteiger partial charge in [0.05, 0.1) is 6.10 Å². The van der Waals surface area contributed by atoms with Crippen molar-refractivity contribution in [3.63, 3.8) is 0 Å². The summed E-state index contributed by atoms with van der Waals surface area (Å²) in [4.78, 5) is 0. The van der Waals surface area contributed by atoms with E-state index in [0.717, 1.165) is 23.7 Å². The van der Waals surface area contributed by atoms with Crippen molar-refractivity contribution in [1.29, 1.82) is 0 Å². The van der Waals surface area contributed by atoms with Crippen molar-refractivity contribution in [1.82, 2.24) is 0 Å². The smallest absolute Gasteiger partial charge is 0.0609 e. The lowest BCUT2D eigenvalue weighted by Gasteiger charge is -2.45. The quantitative estimate of drug-likeness (QED) is 0.356. The standard InChI is InChI=1S/C26H42O/c1-18(2)7-5-6-8-19-9-10-22-24(19,3)14-13-23-25-16-12-21(27-4)17-20(25)11-15-26(22,23)25/h11,18-19,21-23H,5-10,12-17H2,1-4H3. The fourth-order valence-electron chi connectivity index (χ4n) is 9.42. The fraction of sp³-hybridized carbons (Fsp3) is 0.923. The molecule has 0 heterocycles. The molecule has 0 aliphatic heterocycles. The van der Waals surface area contributed by atoms with E-state index in [1.54, 1.807) is 6.42 Å². The van der Waals surface area contributed by atoms with Crippen molar-refractivity contribution in [3.05, 3.63) is 11.6 Å². The summed E-state index contributed by atoms with van der Waals surface area (Å²) in [6.07, 6.45) is 20.6. The molecule has 1 nitrogen and oxygen atoms in total. The number of ether oxygens (including phenoxy) is 1. The highest BCUT2D eigenvalue weighted by Crippen LogP contribution is 2.90. The topological polar surface area (TPSA) is 9.23 Å². The van der Waals surface area contributed by atoms with Crippen LogP contribution in [0.3, 0.4) is 0 Å². The summed E-state index contributed by atoms with van der Waals surface area (Å²) in [7, 11) is 1.92. The zero-order chi connectivity index (χ0) is 18.9. The van der Waals surface area contributed by atoms with Crippen molar-refractivity contribution < 1.29 is 4.74 Å². The molecular weight excluding hydrogens is 328 g/mol. The average Bonchev–Trinajstić information content (AvgIpc) is 2.89. The lowest BCUT2D eigenvalue weighted by Crippen LogP contribution is -2.39.